The highest BCUT2D eigenvalue weighted by Crippen LogP contribution is 2.57. The van der Waals surface area contributed by atoms with Crippen LogP contribution in [0.3, 0.4) is 0 Å². The summed E-state index contributed by atoms with van der Waals surface area (Å²) in [7, 11) is 0. The maximum absolute atomic E-state index is 13.3. The van der Waals surface area contributed by atoms with Gasteiger partial charge in [0.05, 0.1) is 11.5 Å². The number of benzene rings is 1. The van der Waals surface area contributed by atoms with Gasteiger partial charge in [0.1, 0.15) is 0 Å². The van der Waals surface area contributed by atoms with Gasteiger partial charge < -0.3 is 9.84 Å². The fourth-order valence-corrected chi connectivity index (χ4v) is 4.75. The molecule has 0 spiro atoms. The lowest BCUT2D eigenvalue weighted by atomic mass is 9.68. The second-order valence-electron chi connectivity index (χ2n) is 7.38. The molecule has 2 bridgehead atoms. The maximum Gasteiger partial charge on any atom is 0.227 e. The molecule has 0 saturated heterocycles. The molecule has 24 heavy (non-hydrogen) atoms. The van der Waals surface area contributed by atoms with Gasteiger partial charge in [-0.3, -0.25) is 4.79 Å². The summed E-state index contributed by atoms with van der Waals surface area (Å²) in [6.07, 6.45) is 6.75. The van der Waals surface area contributed by atoms with Crippen molar-refractivity contribution < 1.29 is 9.32 Å². The van der Waals surface area contributed by atoms with Gasteiger partial charge in [-0.15, -0.1) is 0 Å². The quantitative estimate of drug-likeness (QED) is 0.916. The fraction of sp³-hybridized carbons (Fsp3) is 0.526. The zero-order valence-electron chi connectivity index (χ0n) is 13.9. The Morgan fingerprint density at radius 3 is 2.83 bits per heavy atom. The Labute approximate surface area is 141 Å². The summed E-state index contributed by atoms with van der Waals surface area (Å²) in [5, 5.41) is 7.00. The van der Waals surface area contributed by atoms with E-state index in [-0.39, 0.29) is 17.4 Å². The highest BCUT2D eigenvalue weighted by molar-refractivity contribution is 5.84. The van der Waals surface area contributed by atoms with Gasteiger partial charge in [-0.1, -0.05) is 41.9 Å². The molecule has 2 aromatic rings. The van der Waals surface area contributed by atoms with Gasteiger partial charge in [-0.25, -0.2) is 0 Å². The summed E-state index contributed by atoms with van der Waals surface area (Å²) < 4.78 is 4.80. The number of carbonyl (C=O) groups excluding carboxylic acids is 1. The van der Waals surface area contributed by atoms with Gasteiger partial charge in [-0.05, 0) is 50.0 Å². The van der Waals surface area contributed by atoms with Gasteiger partial charge in [0.2, 0.25) is 12.3 Å². The minimum absolute atomic E-state index is 0.149. The van der Waals surface area contributed by atoms with Crippen molar-refractivity contribution in [1.29, 1.82) is 0 Å². The Morgan fingerprint density at radius 2 is 2.21 bits per heavy atom. The molecule has 1 amide bonds. The largest absolute Gasteiger partial charge is 0.346 e. The third-order valence-corrected chi connectivity index (χ3v) is 5.90. The van der Waals surface area contributed by atoms with Crippen molar-refractivity contribution in [3.8, 4) is 0 Å². The van der Waals surface area contributed by atoms with E-state index in [2.05, 4.69) is 39.7 Å². The Kier molecular flexibility index (Phi) is 3.87. The van der Waals surface area contributed by atoms with Crippen LogP contribution in [0.5, 0.6) is 0 Å². The summed E-state index contributed by atoms with van der Waals surface area (Å²) in [5.41, 5.74) is 0.954. The Hall–Kier alpha value is -2.17. The van der Waals surface area contributed by atoms with E-state index in [0.29, 0.717) is 17.7 Å². The molecule has 2 aliphatic rings. The topological polar surface area (TPSA) is 68.0 Å². The van der Waals surface area contributed by atoms with E-state index in [1.54, 1.807) is 0 Å². The number of nitrogens with one attached hydrogen (secondary N) is 1. The van der Waals surface area contributed by atoms with Crippen LogP contribution in [0.25, 0.3) is 0 Å². The molecule has 1 aromatic carbocycles. The number of hydrogen-bond acceptors (Lipinski definition) is 4. The zero-order chi connectivity index (χ0) is 16.6. The van der Waals surface area contributed by atoms with Crippen molar-refractivity contribution in [2.75, 3.05) is 0 Å². The summed E-state index contributed by atoms with van der Waals surface area (Å²) in [5.74, 6) is 1.86. The van der Waals surface area contributed by atoms with Crippen LogP contribution in [-0.2, 0) is 11.2 Å². The monoisotopic (exact) mass is 325 g/mol. The van der Waals surface area contributed by atoms with E-state index < -0.39 is 0 Å². The van der Waals surface area contributed by atoms with E-state index in [1.807, 2.05) is 13.0 Å². The predicted octanol–water partition coefficient (Wildman–Crippen LogP) is 3.30. The molecule has 5 heteroatoms. The molecule has 5 nitrogen and oxygen atoms in total. The van der Waals surface area contributed by atoms with E-state index in [0.717, 1.165) is 12.8 Å². The minimum Gasteiger partial charge on any atom is -0.346 e. The van der Waals surface area contributed by atoms with Gasteiger partial charge >= 0.3 is 0 Å². The molecule has 1 heterocycles. The second-order valence-corrected chi connectivity index (χ2v) is 7.38. The SMILES string of the molecule is CC(NC(=O)C1(Cc2ccccc2)CC2CCC1C2)c1ncon1. The lowest BCUT2D eigenvalue weighted by Gasteiger charge is -2.37. The van der Waals surface area contributed by atoms with Crippen LogP contribution in [0.15, 0.2) is 41.2 Å². The Bertz CT molecular complexity index is 701. The average molecular weight is 325 g/mol. The van der Waals surface area contributed by atoms with Crippen LogP contribution in [-0.4, -0.2) is 16.0 Å². The first-order valence-corrected chi connectivity index (χ1v) is 8.78. The number of aromatic nitrogens is 2. The molecule has 4 rings (SSSR count). The highest BCUT2D eigenvalue weighted by atomic mass is 16.5. The molecule has 1 aromatic heterocycles. The number of amides is 1. The molecule has 2 aliphatic carbocycles. The summed E-state index contributed by atoms with van der Waals surface area (Å²) in [6, 6.07) is 10.2. The lowest BCUT2D eigenvalue weighted by Crippen LogP contribution is -2.47. The van der Waals surface area contributed by atoms with Crippen molar-refractivity contribution in [1.82, 2.24) is 15.5 Å². The standard InChI is InChI=1S/C19H23N3O2/c1-13(17-20-12-24-22-17)21-18(23)19(10-14-5-3-2-4-6-14)11-15-7-8-16(19)9-15/h2-6,12-13,15-16H,7-11H2,1H3,(H,21,23). The number of carbonyl (C=O) groups is 1. The van der Waals surface area contributed by atoms with Crippen molar-refractivity contribution in [3.05, 3.63) is 48.1 Å². The fourth-order valence-electron chi connectivity index (χ4n) is 4.75. The number of hydrogen-bond donors (Lipinski definition) is 1. The van der Waals surface area contributed by atoms with Crippen LogP contribution in [0, 0.1) is 17.3 Å². The van der Waals surface area contributed by atoms with Crippen molar-refractivity contribution in [2.24, 2.45) is 17.3 Å². The number of rotatable bonds is 5. The predicted molar refractivity (Wildman–Crippen MR) is 88.9 cm³/mol. The van der Waals surface area contributed by atoms with Gasteiger partial charge in [0.25, 0.3) is 0 Å². The average Bonchev–Trinajstić information content (AvgIpc) is 3.33. The van der Waals surface area contributed by atoms with Crippen LogP contribution in [0.1, 0.15) is 50.0 Å². The normalized spacial score (nSPS) is 29.5. The molecule has 0 radical (unpaired) electrons. The van der Waals surface area contributed by atoms with Crippen molar-refractivity contribution in [3.63, 3.8) is 0 Å². The number of fused-ring (bicyclic) bond motifs is 2. The van der Waals surface area contributed by atoms with Crippen LogP contribution >= 0.6 is 0 Å². The number of nitrogens with zero attached hydrogens (tertiary/aromatic N) is 2. The summed E-state index contributed by atoms with van der Waals surface area (Å²) in [6.45, 7) is 1.91. The van der Waals surface area contributed by atoms with Gasteiger partial charge in [0, 0.05) is 0 Å². The first-order valence-electron chi connectivity index (χ1n) is 8.78. The summed E-state index contributed by atoms with van der Waals surface area (Å²) >= 11 is 0. The third kappa shape index (κ3) is 2.62. The van der Waals surface area contributed by atoms with Crippen LogP contribution in [0.2, 0.25) is 0 Å². The molecule has 0 aliphatic heterocycles. The molecule has 2 fully saturated rings. The molecular formula is C19H23N3O2. The lowest BCUT2D eigenvalue weighted by molar-refractivity contribution is -0.135. The molecule has 2 saturated carbocycles. The highest BCUT2D eigenvalue weighted by Gasteiger charge is 2.55. The molecule has 4 unspecified atom stereocenters. The van der Waals surface area contributed by atoms with Crippen molar-refractivity contribution in [2.45, 2.75) is 45.1 Å². The van der Waals surface area contributed by atoms with Crippen LogP contribution < -0.4 is 5.32 Å². The second kappa shape index (κ2) is 6.04. The van der Waals surface area contributed by atoms with Crippen molar-refractivity contribution >= 4 is 5.91 Å². The minimum atomic E-state index is -0.289. The third-order valence-electron chi connectivity index (χ3n) is 5.90. The van der Waals surface area contributed by atoms with E-state index >= 15 is 0 Å². The van der Waals surface area contributed by atoms with E-state index in [1.165, 1.54) is 31.2 Å². The van der Waals surface area contributed by atoms with Gasteiger partial charge in [0.15, 0.2) is 5.82 Å². The first-order chi connectivity index (χ1) is 11.7. The maximum atomic E-state index is 13.3. The Balaban J connectivity index is 1.57. The smallest absolute Gasteiger partial charge is 0.227 e. The van der Waals surface area contributed by atoms with E-state index in [9.17, 15) is 4.79 Å². The summed E-state index contributed by atoms with van der Waals surface area (Å²) in [4.78, 5) is 17.3. The van der Waals surface area contributed by atoms with Gasteiger partial charge in [-0.2, -0.15) is 4.98 Å². The molecule has 1 N–H and O–H groups in total. The first kappa shape index (κ1) is 15.4. The van der Waals surface area contributed by atoms with E-state index in [4.69, 9.17) is 4.52 Å². The molecular weight excluding hydrogens is 302 g/mol. The molecule has 4 atom stereocenters. The zero-order valence-corrected chi connectivity index (χ0v) is 13.9. The Morgan fingerprint density at radius 1 is 1.38 bits per heavy atom. The molecule has 126 valence electrons. The van der Waals surface area contributed by atoms with Crippen LogP contribution in [0.4, 0.5) is 0 Å².